The van der Waals surface area contributed by atoms with Crippen molar-refractivity contribution in [3.63, 3.8) is 0 Å². The monoisotopic (exact) mass is 632 g/mol. The van der Waals surface area contributed by atoms with E-state index in [0.717, 1.165) is 28.4 Å². The van der Waals surface area contributed by atoms with Crippen molar-refractivity contribution in [2.75, 3.05) is 9.80 Å². The van der Waals surface area contributed by atoms with Gasteiger partial charge in [0.2, 0.25) is 0 Å². The molecule has 1 atom stereocenters. The van der Waals surface area contributed by atoms with Gasteiger partial charge in [-0.15, -0.1) is 0 Å². The molecule has 0 aliphatic heterocycles. The molecule has 0 aromatic heterocycles. The van der Waals surface area contributed by atoms with Gasteiger partial charge in [0.05, 0.1) is 0 Å². The first kappa shape index (κ1) is 30.5. The second-order valence-electron chi connectivity index (χ2n) is 13.5. The van der Waals surface area contributed by atoms with Crippen LogP contribution in [0.5, 0.6) is 0 Å². The van der Waals surface area contributed by atoms with Crippen LogP contribution in [0.4, 0.5) is 34.1 Å². The van der Waals surface area contributed by atoms with Crippen molar-refractivity contribution in [3.05, 3.63) is 204 Å². The van der Waals surface area contributed by atoms with Crippen LogP contribution in [0.25, 0.3) is 11.1 Å². The quantitative estimate of drug-likeness (QED) is 0.164. The molecule has 1 aliphatic rings. The maximum absolute atomic E-state index is 2.40. The standard InChI is InChI=1S/C47H40N2/c1-34(35-23-27-40(28-24-35)48(37-15-7-4-8-16-37)38-17-9-5-10-18-38)36-25-29-41(30-26-36)49(39-19-11-6-12-20-39)42-31-32-44-43-21-13-14-22-45(43)47(2,3)46(44)33-42/h4-34H,1-3H3. The maximum Gasteiger partial charge on any atom is 0.0465 e. The van der Waals surface area contributed by atoms with Gasteiger partial charge in [-0.3, -0.25) is 0 Å². The molecule has 238 valence electrons. The third kappa shape index (κ3) is 5.60. The minimum Gasteiger partial charge on any atom is -0.311 e. The number of benzene rings is 7. The molecule has 1 unspecified atom stereocenters. The molecule has 0 fully saturated rings. The fraction of sp³-hybridized carbons (Fsp3) is 0.106. The average molecular weight is 633 g/mol. The molecule has 8 rings (SSSR count). The van der Waals surface area contributed by atoms with E-state index in [1.165, 1.54) is 39.1 Å². The predicted octanol–water partition coefficient (Wildman–Crippen LogP) is 13.1. The van der Waals surface area contributed by atoms with Gasteiger partial charge in [0.15, 0.2) is 0 Å². The van der Waals surface area contributed by atoms with Crippen LogP contribution in [-0.4, -0.2) is 0 Å². The topological polar surface area (TPSA) is 6.48 Å². The van der Waals surface area contributed by atoms with E-state index >= 15 is 0 Å². The van der Waals surface area contributed by atoms with E-state index in [1.807, 2.05) is 0 Å². The van der Waals surface area contributed by atoms with Gasteiger partial charge >= 0.3 is 0 Å². The maximum atomic E-state index is 2.40. The zero-order chi connectivity index (χ0) is 33.4. The first-order valence-corrected chi connectivity index (χ1v) is 17.2. The minimum absolute atomic E-state index is 0.0572. The Kier molecular flexibility index (Phi) is 7.86. The molecule has 0 bridgehead atoms. The van der Waals surface area contributed by atoms with E-state index in [0.29, 0.717) is 0 Å². The second-order valence-corrected chi connectivity index (χ2v) is 13.5. The zero-order valence-electron chi connectivity index (χ0n) is 28.3. The number of para-hydroxylation sites is 3. The van der Waals surface area contributed by atoms with Crippen molar-refractivity contribution in [3.8, 4) is 11.1 Å². The van der Waals surface area contributed by atoms with Gasteiger partial charge in [0.25, 0.3) is 0 Å². The molecule has 0 amide bonds. The lowest BCUT2D eigenvalue weighted by atomic mass is 9.82. The van der Waals surface area contributed by atoms with Crippen molar-refractivity contribution in [2.45, 2.75) is 32.1 Å². The molecule has 0 radical (unpaired) electrons. The van der Waals surface area contributed by atoms with Gasteiger partial charge in [0, 0.05) is 45.5 Å². The van der Waals surface area contributed by atoms with Crippen molar-refractivity contribution in [1.29, 1.82) is 0 Å². The third-order valence-corrected chi connectivity index (χ3v) is 10.2. The Hall–Kier alpha value is -5.86. The first-order chi connectivity index (χ1) is 24.0. The summed E-state index contributed by atoms with van der Waals surface area (Å²) in [5, 5.41) is 0. The lowest BCUT2D eigenvalue weighted by Gasteiger charge is -2.28. The Labute approximate surface area is 290 Å². The van der Waals surface area contributed by atoms with Crippen LogP contribution in [-0.2, 0) is 5.41 Å². The van der Waals surface area contributed by atoms with Crippen LogP contribution < -0.4 is 9.80 Å². The molecule has 0 heterocycles. The zero-order valence-corrected chi connectivity index (χ0v) is 28.3. The second kappa shape index (κ2) is 12.6. The summed E-state index contributed by atoms with van der Waals surface area (Å²) in [4.78, 5) is 4.69. The molecule has 7 aromatic carbocycles. The van der Waals surface area contributed by atoms with Crippen LogP contribution in [0.15, 0.2) is 182 Å². The summed E-state index contributed by atoms with van der Waals surface area (Å²) in [5.74, 6) is 0.245. The van der Waals surface area contributed by atoms with Crippen molar-refractivity contribution < 1.29 is 0 Å². The molecule has 2 heteroatoms. The number of hydrogen-bond donors (Lipinski definition) is 0. The van der Waals surface area contributed by atoms with E-state index in [2.05, 4.69) is 213 Å². The Morgan fingerprint density at radius 2 is 0.735 bits per heavy atom. The van der Waals surface area contributed by atoms with Crippen molar-refractivity contribution in [2.24, 2.45) is 0 Å². The fourth-order valence-electron chi connectivity index (χ4n) is 7.47. The summed E-state index contributed by atoms with van der Waals surface area (Å²) >= 11 is 0. The highest BCUT2D eigenvalue weighted by molar-refractivity contribution is 5.85. The van der Waals surface area contributed by atoms with Crippen LogP contribution >= 0.6 is 0 Å². The van der Waals surface area contributed by atoms with Crippen LogP contribution in [0, 0.1) is 0 Å². The van der Waals surface area contributed by atoms with Gasteiger partial charge in [-0.25, -0.2) is 0 Å². The van der Waals surface area contributed by atoms with E-state index in [-0.39, 0.29) is 11.3 Å². The lowest BCUT2D eigenvalue weighted by molar-refractivity contribution is 0.660. The molecule has 1 aliphatic carbocycles. The Balaban J connectivity index is 1.10. The number of rotatable bonds is 8. The van der Waals surface area contributed by atoms with Gasteiger partial charge in [0.1, 0.15) is 0 Å². The Morgan fingerprint density at radius 3 is 1.22 bits per heavy atom. The number of fused-ring (bicyclic) bond motifs is 3. The molecule has 0 saturated heterocycles. The van der Waals surface area contributed by atoms with Gasteiger partial charge in [-0.2, -0.15) is 0 Å². The molecular formula is C47H40N2. The smallest absolute Gasteiger partial charge is 0.0465 e. The van der Waals surface area contributed by atoms with Gasteiger partial charge in [-0.1, -0.05) is 130 Å². The summed E-state index contributed by atoms with van der Waals surface area (Å²) in [7, 11) is 0. The highest BCUT2D eigenvalue weighted by atomic mass is 15.1. The number of nitrogens with zero attached hydrogens (tertiary/aromatic N) is 2. The first-order valence-electron chi connectivity index (χ1n) is 17.2. The summed E-state index contributed by atoms with van der Waals surface area (Å²) in [6, 6.07) is 65.8. The normalized spacial score (nSPS) is 13.3. The summed E-state index contributed by atoms with van der Waals surface area (Å²) in [6.07, 6.45) is 0. The van der Waals surface area contributed by atoms with Crippen LogP contribution in [0.2, 0.25) is 0 Å². The summed E-state index contributed by atoms with van der Waals surface area (Å²) in [6.45, 7) is 6.99. The Bertz CT molecular complexity index is 2150. The highest BCUT2D eigenvalue weighted by Crippen LogP contribution is 2.50. The minimum atomic E-state index is -0.0572. The van der Waals surface area contributed by atoms with E-state index in [1.54, 1.807) is 0 Å². The molecule has 0 N–H and O–H groups in total. The largest absolute Gasteiger partial charge is 0.311 e. The number of hydrogen-bond acceptors (Lipinski definition) is 2. The highest BCUT2D eigenvalue weighted by Gasteiger charge is 2.35. The molecule has 0 saturated carbocycles. The molecular weight excluding hydrogens is 593 g/mol. The summed E-state index contributed by atoms with van der Waals surface area (Å²) < 4.78 is 0. The van der Waals surface area contributed by atoms with E-state index in [9.17, 15) is 0 Å². The van der Waals surface area contributed by atoms with Crippen molar-refractivity contribution >= 4 is 34.1 Å². The summed E-state index contributed by atoms with van der Waals surface area (Å²) in [5.41, 5.74) is 14.9. The predicted molar refractivity (Wildman–Crippen MR) is 207 cm³/mol. The van der Waals surface area contributed by atoms with E-state index in [4.69, 9.17) is 0 Å². The molecule has 49 heavy (non-hydrogen) atoms. The van der Waals surface area contributed by atoms with E-state index < -0.39 is 0 Å². The fourth-order valence-corrected chi connectivity index (χ4v) is 7.47. The molecule has 7 aromatic rings. The van der Waals surface area contributed by atoms with Crippen LogP contribution in [0.1, 0.15) is 48.9 Å². The van der Waals surface area contributed by atoms with Gasteiger partial charge in [-0.05, 0) is 106 Å². The third-order valence-electron chi connectivity index (χ3n) is 10.2. The Morgan fingerprint density at radius 1 is 0.367 bits per heavy atom. The number of anilines is 6. The van der Waals surface area contributed by atoms with Crippen molar-refractivity contribution in [1.82, 2.24) is 0 Å². The lowest BCUT2D eigenvalue weighted by Crippen LogP contribution is -2.16. The molecule has 2 nitrogen and oxygen atoms in total. The molecule has 0 spiro atoms. The van der Waals surface area contributed by atoms with Crippen LogP contribution in [0.3, 0.4) is 0 Å². The average Bonchev–Trinajstić information content (AvgIpc) is 3.39. The SMILES string of the molecule is CC(c1ccc(N(c2ccccc2)c2ccccc2)cc1)c1ccc(N(c2ccccc2)c2ccc3c(c2)C(C)(C)c2ccccc2-3)cc1. The van der Waals surface area contributed by atoms with Gasteiger partial charge < -0.3 is 9.80 Å².